The van der Waals surface area contributed by atoms with Crippen molar-refractivity contribution in [3.63, 3.8) is 0 Å². The zero-order valence-corrected chi connectivity index (χ0v) is 18.9. The lowest BCUT2D eigenvalue weighted by molar-refractivity contribution is -0.117. The molecule has 1 saturated heterocycles. The van der Waals surface area contributed by atoms with Gasteiger partial charge >= 0.3 is 0 Å². The number of benzene rings is 1. The van der Waals surface area contributed by atoms with Gasteiger partial charge in [-0.1, -0.05) is 0 Å². The highest BCUT2D eigenvalue weighted by atomic mass is 16.5. The van der Waals surface area contributed by atoms with E-state index in [9.17, 15) is 4.79 Å². The molecule has 0 radical (unpaired) electrons. The average molecular weight is 423 g/mol. The van der Waals surface area contributed by atoms with Gasteiger partial charge in [-0.05, 0) is 77.5 Å². The van der Waals surface area contributed by atoms with Crippen molar-refractivity contribution in [2.45, 2.75) is 89.9 Å². The van der Waals surface area contributed by atoms with E-state index in [1.54, 1.807) is 6.92 Å². The van der Waals surface area contributed by atoms with E-state index < -0.39 is 0 Å². The third kappa shape index (κ3) is 3.86. The normalized spacial score (nSPS) is 26.3. The van der Waals surface area contributed by atoms with Gasteiger partial charge in [0.25, 0.3) is 0 Å². The summed E-state index contributed by atoms with van der Waals surface area (Å²) in [6.07, 6.45) is 12.0. The molecule has 3 atom stereocenters. The van der Waals surface area contributed by atoms with Crippen LogP contribution >= 0.6 is 0 Å². The number of hydrogen-bond acceptors (Lipinski definition) is 4. The first kappa shape index (κ1) is 20.6. The van der Waals surface area contributed by atoms with Gasteiger partial charge in [-0.25, -0.2) is 0 Å². The number of amides is 1. The van der Waals surface area contributed by atoms with Crippen LogP contribution in [-0.4, -0.2) is 40.4 Å². The van der Waals surface area contributed by atoms with Crippen LogP contribution in [0.2, 0.25) is 0 Å². The molecule has 6 heteroatoms. The highest BCUT2D eigenvalue weighted by Crippen LogP contribution is 2.44. The Morgan fingerprint density at radius 1 is 1.19 bits per heavy atom. The molecule has 6 nitrogen and oxygen atoms in total. The lowest BCUT2D eigenvalue weighted by Gasteiger charge is -2.37. The molecule has 2 aromatic rings. The SMILES string of the molecule is CC(=O)N1c2ccc(-c3cnn([C@@H]4CCN[C@H](C)C4)c3)c(OC3CCC3)c2CC[C@@H]1C. The molecule has 31 heavy (non-hydrogen) atoms. The van der Waals surface area contributed by atoms with E-state index in [1.165, 1.54) is 12.0 Å². The molecule has 1 saturated carbocycles. The lowest BCUT2D eigenvalue weighted by atomic mass is 9.91. The molecule has 0 spiro atoms. The smallest absolute Gasteiger partial charge is 0.224 e. The molecule has 1 aromatic carbocycles. The van der Waals surface area contributed by atoms with E-state index in [4.69, 9.17) is 9.84 Å². The molecule has 3 heterocycles. The number of fused-ring (bicyclic) bond motifs is 1. The van der Waals surface area contributed by atoms with Crippen LogP contribution < -0.4 is 15.0 Å². The summed E-state index contributed by atoms with van der Waals surface area (Å²) in [6.45, 7) is 7.08. The average Bonchev–Trinajstić information content (AvgIpc) is 3.20. The number of nitrogens with zero attached hydrogens (tertiary/aromatic N) is 3. The summed E-state index contributed by atoms with van der Waals surface area (Å²) in [4.78, 5) is 14.3. The van der Waals surface area contributed by atoms with Gasteiger partial charge in [-0.2, -0.15) is 5.10 Å². The van der Waals surface area contributed by atoms with Crippen molar-refractivity contribution < 1.29 is 9.53 Å². The highest BCUT2D eigenvalue weighted by molar-refractivity contribution is 5.95. The predicted molar refractivity (Wildman–Crippen MR) is 123 cm³/mol. The molecule has 1 N–H and O–H groups in total. The molecule has 1 aliphatic carbocycles. The van der Waals surface area contributed by atoms with Crippen LogP contribution in [0.3, 0.4) is 0 Å². The maximum absolute atomic E-state index is 12.4. The largest absolute Gasteiger partial charge is 0.489 e. The number of piperidine rings is 1. The monoisotopic (exact) mass is 422 g/mol. The number of anilines is 1. The van der Waals surface area contributed by atoms with Crippen LogP contribution in [0.4, 0.5) is 5.69 Å². The Balaban J connectivity index is 1.53. The second-order valence-corrected chi connectivity index (χ2v) is 9.63. The summed E-state index contributed by atoms with van der Waals surface area (Å²) in [7, 11) is 0. The van der Waals surface area contributed by atoms with Crippen molar-refractivity contribution in [2.24, 2.45) is 0 Å². The van der Waals surface area contributed by atoms with Crippen molar-refractivity contribution >= 4 is 11.6 Å². The maximum atomic E-state index is 12.4. The first-order chi connectivity index (χ1) is 15.0. The zero-order valence-electron chi connectivity index (χ0n) is 18.9. The number of aromatic nitrogens is 2. The molecule has 166 valence electrons. The molecule has 1 amide bonds. The Labute approximate surface area is 185 Å². The lowest BCUT2D eigenvalue weighted by Crippen LogP contribution is -2.41. The fraction of sp³-hybridized carbons (Fsp3) is 0.600. The van der Waals surface area contributed by atoms with Crippen molar-refractivity contribution in [1.29, 1.82) is 0 Å². The van der Waals surface area contributed by atoms with Crippen LogP contribution in [0.1, 0.15) is 70.9 Å². The fourth-order valence-electron chi connectivity index (χ4n) is 5.32. The first-order valence-electron chi connectivity index (χ1n) is 11.9. The summed E-state index contributed by atoms with van der Waals surface area (Å²) in [6, 6.07) is 5.42. The van der Waals surface area contributed by atoms with E-state index in [-0.39, 0.29) is 18.1 Å². The minimum Gasteiger partial charge on any atom is -0.489 e. The molecular weight excluding hydrogens is 388 g/mol. The van der Waals surface area contributed by atoms with E-state index in [1.807, 2.05) is 11.1 Å². The van der Waals surface area contributed by atoms with Crippen LogP contribution in [0.5, 0.6) is 5.75 Å². The minimum atomic E-state index is 0.101. The van der Waals surface area contributed by atoms with Crippen LogP contribution in [0.25, 0.3) is 11.1 Å². The van der Waals surface area contributed by atoms with Crippen molar-refractivity contribution in [3.05, 3.63) is 30.1 Å². The Morgan fingerprint density at radius 3 is 2.74 bits per heavy atom. The van der Waals surface area contributed by atoms with Gasteiger partial charge in [0, 0.05) is 41.9 Å². The summed E-state index contributed by atoms with van der Waals surface area (Å²) >= 11 is 0. The zero-order chi connectivity index (χ0) is 21.5. The van der Waals surface area contributed by atoms with Crippen molar-refractivity contribution in [1.82, 2.24) is 15.1 Å². The number of rotatable bonds is 4. The molecule has 2 fully saturated rings. The molecule has 5 rings (SSSR count). The Bertz CT molecular complexity index is 964. The Morgan fingerprint density at radius 2 is 2.03 bits per heavy atom. The Kier molecular flexibility index (Phi) is 5.51. The van der Waals surface area contributed by atoms with Gasteiger partial charge in [0.1, 0.15) is 5.75 Å². The number of ether oxygens (including phenoxy) is 1. The summed E-state index contributed by atoms with van der Waals surface area (Å²) in [5, 5.41) is 8.26. The molecule has 2 aliphatic heterocycles. The second-order valence-electron chi connectivity index (χ2n) is 9.63. The number of nitrogens with one attached hydrogen (secondary N) is 1. The van der Waals surface area contributed by atoms with E-state index in [0.29, 0.717) is 12.1 Å². The minimum absolute atomic E-state index is 0.101. The first-order valence-corrected chi connectivity index (χ1v) is 11.9. The van der Waals surface area contributed by atoms with Crippen LogP contribution in [-0.2, 0) is 11.2 Å². The van der Waals surface area contributed by atoms with Crippen LogP contribution in [0, 0.1) is 0 Å². The quantitative estimate of drug-likeness (QED) is 0.789. The second kappa shape index (κ2) is 8.30. The van der Waals surface area contributed by atoms with Crippen LogP contribution in [0.15, 0.2) is 24.5 Å². The molecule has 3 aliphatic rings. The fourth-order valence-corrected chi connectivity index (χ4v) is 5.32. The van der Waals surface area contributed by atoms with Crippen molar-refractivity contribution in [2.75, 3.05) is 11.4 Å². The van der Waals surface area contributed by atoms with E-state index >= 15 is 0 Å². The summed E-state index contributed by atoms with van der Waals surface area (Å²) < 4.78 is 8.73. The van der Waals surface area contributed by atoms with E-state index in [0.717, 1.165) is 67.6 Å². The Hall–Kier alpha value is -2.34. The summed E-state index contributed by atoms with van der Waals surface area (Å²) in [5.41, 5.74) is 4.41. The van der Waals surface area contributed by atoms with Crippen molar-refractivity contribution in [3.8, 4) is 16.9 Å². The molecule has 0 unspecified atom stereocenters. The van der Waals surface area contributed by atoms with Gasteiger partial charge in [-0.15, -0.1) is 0 Å². The topological polar surface area (TPSA) is 59.4 Å². The van der Waals surface area contributed by atoms with E-state index in [2.05, 4.69) is 42.2 Å². The van der Waals surface area contributed by atoms with Gasteiger partial charge in [-0.3, -0.25) is 9.48 Å². The number of carbonyl (C=O) groups excluding carboxylic acids is 1. The third-order valence-electron chi connectivity index (χ3n) is 7.31. The van der Waals surface area contributed by atoms with Gasteiger partial charge in [0.2, 0.25) is 5.91 Å². The summed E-state index contributed by atoms with van der Waals surface area (Å²) in [5.74, 6) is 1.07. The molecular formula is C25H34N4O2. The standard InChI is InChI=1S/C25H34N4O2/c1-16-13-20(11-12-26-16)28-15-19(14-27-28)22-9-10-24-23(25(22)31-21-5-4-6-21)8-7-17(2)29(24)18(3)30/h9-10,14-17,20-21,26H,4-8,11-13H2,1-3H3/t16-,17+,20-/m1/s1. The highest BCUT2D eigenvalue weighted by Gasteiger charge is 2.32. The molecule has 1 aromatic heterocycles. The molecule has 0 bridgehead atoms. The van der Waals surface area contributed by atoms with Gasteiger partial charge < -0.3 is 15.0 Å². The number of carbonyl (C=O) groups is 1. The number of hydrogen-bond donors (Lipinski definition) is 1. The maximum Gasteiger partial charge on any atom is 0.224 e. The third-order valence-corrected chi connectivity index (χ3v) is 7.31. The van der Waals surface area contributed by atoms with Gasteiger partial charge in [0.05, 0.1) is 24.0 Å². The van der Waals surface area contributed by atoms with Gasteiger partial charge in [0.15, 0.2) is 0 Å². The predicted octanol–water partition coefficient (Wildman–Crippen LogP) is 4.48.